The van der Waals surface area contributed by atoms with Crippen LogP contribution in [0.2, 0.25) is 0 Å². The molecular formula is C19H23N3O. The van der Waals surface area contributed by atoms with Crippen molar-refractivity contribution in [2.75, 3.05) is 18.4 Å². The molecule has 0 unspecified atom stereocenters. The first-order valence-electron chi connectivity index (χ1n) is 8.37. The van der Waals surface area contributed by atoms with Crippen molar-refractivity contribution < 1.29 is 4.79 Å². The fraction of sp³-hybridized carbons (Fsp3) is 0.368. The first-order chi connectivity index (χ1) is 11.3. The molecule has 0 saturated carbocycles. The Morgan fingerprint density at radius 3 is 2.35 bits per heavy atom. The molecule has 2 aromatic rings. The molecule has 23 heavy (non-hydrogen) atoms. The standard InChI is InChI=1S/C19H23N3O/c1-2-15-6-8-16(9-7-15)21-17-10-11-18(20-14-17)19(23)22-12-4-3-5-13-22/h6-11,14,21H,2-5,12-13H2,1H3. The number of hydrogen-bond donors (Lipinski definition) is 1. The molecule has 1 fully saturated rings. The average Bonchev–Trinajstić information content (AvgIpc) is 2.63. The third-order valence-corrected chi connectivity index (χ3v) is 4.28. The maximum atomic E-state index is 12.4. The molecule has 1 aliphatic heterocycles. The Morgan fingerprint density at radius 1 is 1.04 bits per heavy atom. The number of aromatic nitrogens is 1. The van der Waals surface area contributed by atoms with E-state index in [1.807, 2.05) is 11.0 Å². The van der Waals surface area contributed by atoms with Gasteiger partial charge in [0.1, 0.15) is 5.69 Å². The second kappa shape index (κ2) is 7.27. The van der Waals surface area contributed by atoms with E-state index in [1.165, 1.54) is 12.0 Å². The van der Waals surface area contributed by atoms with Crippen molar-refractivity contribution in [1.82, 2.24) is 9.88 Å². The number of amides is 1. The fourth-order valence-corrected chi connectivity index (χ4v) is 2.84. The minimum atomic E-state index is 0.0450. The van der Waals surface area contributed by atoms with Crippen LogP contribution in [-0.4, -0.2) is 28.9 Å². The van der Waals surface area contributed by atoms with Crippen molar-refractivity contribution in [1.29, 1.82) is 0 Å². The Kier molecular flexibility index (Phi) is 4.91. The van der Waals surface area contributed by atoms with Crippen molar-refractivity contribution in [2.45, 2.75) is 32.6 Å². The maximum absolute atomic E-state index is 12.4. The number of carbonyl (C=O) groups is 1. The summed E-state index contributed by atoms with van der Waals surface area (Å²) in [5.74, 6) is 0.0450. The lowest BCUT2D eigenvalue weighted by Gasteiger charge is -2.26. The Morgan fingerprint density at radius 2 is 1.74 bits per heavy atom. The number of hydrogen-bond acceptors (Lipinski definition) is 3. The van der Waals surface area contributed by atoms with Gasteiger partial charge in [0.25, 0.3) is 5.91 Å². The van der Waals surface area contributed by atoms with Crippen LogP contribution in [0.5, 0.6) is 0 Å². The summed E-state index contributed by atoms with van der Waals surface area (Å²) >= 11 is 0. The van der Waals surface area contributed by atoms with Gasteiger partial charge in [-0.15, -0.1) is 0 Å². The average molecular weight is 309 g/mol. The van der Waals surface area contributed by atoms with Crippen molar-refractivity contribution in [3.05, 3.63) is 53.9 Å². The molecule has 0 atom stereocenters. The molecule has 4 nitrogen and oxygen atoms in total. The second-order valence-corrected chi connectivity index (χ2v) is 5.96. The number of anilines is 2. The molecule has 4 heteroatoms. The summed E-state index contributed by atoms with van der Waals surface area (Å²) in [6.07, 6.45) is 6.18. The minimum Gasteiger partial charge on any atom is -0.354 e. The van der Waals surface area contributed by atoms with Gasteiger partial charge in [-0.2, -0.15) is 0 Å². The number of aryl methyl sites for hydroxylation is 1. The number of rotatable bonds is 4. The van der Waals surface area contributed by atoms with E-state index in [9.17, 15) is 4.79 Å². The highest BCUT2D eigenvalue weighted by molar-refractivity contribution is 5.92. The molecule has 0 spiro atoms. The van der Waals surface area contributed by atoms with Crippen molar-refractivity contribution in [2.24, 2.45) is 0 Å². The van der Waals surface area contributed by atoms with Gasteiger partial charge in [-0.25, -0.2) is 4.98 Å². The molecule has 1 amide bonds. The zero-order valence-electron chi connectivity index (χ0n) is 13.6. The van der Waals surface area contributed by atoms with Gasteiger partial charge in [-0.1, -0.05) is 19.1 Å². The van der Waals surface area contributed by atoms with E-state index in [4.69, 9.17) is 0 Å². The van der Waals surface area contributed by atoms with Crippen LogP contribution < -0.4 is 5.32 Å². The number of pyridine rings is 1. The van der Waals surface area contributed by atoms with Crippen LogP contribution in [0.25, 0.3) is 0 Å². The van der Waals surface area contributed by atoms with Gasteiger partial charge >= 0.3 is 0 Å². The minimum absolute atomic E-state index is 0.0450. The molecule has 2 heterocycles. The van der Waals surface area contributed by atoms with Crippen LogP contribution in [0.3, 0.4) is 0 Å². The molecule has 0 radical (unpaired) electrons. The topological polar surface area (TPSA) is 45.2 Å². The fourth-order valence-electron chi connectivity index (χ4n) is 2.84. The molecule has 1 aromatic carbocycles. The molecule has 0 aliphatic carbocycles. The number of piperidine rings is 1. The van der Waals surface area contributed by atoms with Crippen LogP contribution in [0, 0.1) is 0 Å². The quantitative estimate of drug-likeness (QED) is 0.928. The molecule has 0 bridgehead atoms. The van der Waals surface area contributed by atoms with Gasteiger partial charge in [0.15, 0.2) is 0 Å². The number of nitrogens with one attached hydrogen (secondary N) is 1. The SMILES string of the molecule is CCc1ccc(Nc2ccc(C(=O)N3CCCCC3)nc2)cc1. The van der Waals surface area contributed by atoms with Gasteiger partial charge < -0.3 is 10.2 Å². The predicted octanol–water partition coefficient (Wildman–Crippen LogP) is 4.01. The smallest absolute Gasteiger partial charge is 0.272 e. The molecular weight excluding hydrogens is 286 g/mol. The maximum Gasteiger partial charge on any atom is 0.272 e. The van der Waals surface area contributed by atoms with E-state index in [2.05, 4.69) is 41.5 Å². The Hall–Kier alpha value is -2.36. The van der Waals surface area contributed by atoms with E-state index in [0.29, 0.717) is 5.69 Å². The predicted molar refractivity (Wildman–Crippen MR) is 93.1 cm³/mol. The highest BCUT2D eigenvalue weighted by Crippen LogP contribution is 2.18. The van der Waals surface area contributed by atoms with E-state index >= 15 is 0 Å². The number of likely N-dealkylation sites (tertiary alicyclic amines) is 1. The molecule has 1 N–H and O–H groups in total. The molecule has 3 rings (SSSR count). The first kappa shape index (κ1) is 15.5. The molecule has 120 valence electrons. The van der Waals surface area contributed by atoms with Crippen LogP contribution in [0.15, 0.2) is 42.6 Å². The normalized spacial score (nSPS) is 14.6. The lowest BCUT2D eigenvalue weighted by Crippen LogP contribution is -2.36. The Balaban J connectivity index is 1.65. The van der Waals surface area contributed by atoms with E-state index < -0.39 is 0 Å². The number of carbonyl (C=O) groups excluding carboxylic acids is 1. The van der Waals surface area contributed by atoms with Gasteiger partial charge in [0, 0.05) is 18.8 Å². The first-order valence-corrected chi connectivity index (χ1v) is 8.37. The zero-order valence-corrected chi connectivity index (χ0v) is 13.6. The number of nitrogens with zero attached hydrogens (tertiary/aromatic N) is 2. The highest BCUT2D eigenvalue weighted by atomic mass is 16.2. The summed E-state index contributed by atoms with van der Waals surface area (Å²) in [6, 6.07) is 12.1. The molecule has 1 aromatic heterocycles. The Labute approximate surface area is 137 Å². The summed E-state index contributed by atoms with van der Waals surface area (Å²) < 4.78 is 0. The summed E-state index contributed by atoms with van der Waals surface area (Å²) in [6.45, 7) is 3.85. The van der Waals surface area contributed by atoms with Gasteiger partial charge in [-0.3, -0.25) is 4.79 Å². The summed E-state index contributed by atoms with van der Waals surface area (Å²) in [5.41, 5.74) is 3.76. The van der Waals surface area contributed by atoms with Crippen LogP contribution in [0.4, 0.5) is 11.4 Å². The summed E-state index contributed by atoms with van der Waals surface area (Å²) in [4.78, 5) is 18.6. The van der Waals surface area contributed by atoms with Crippen LogP contribution >= 0.6 is 0 Å². The molecule has 1 saturated heterocycles. The second-order valence-electron chi connectivity index (χ2n) is 5.96. The zero-order chi connectivity index (χ0) is 16.1. The Bertz CT molecular complexity index is 643. The van der Waals surface area contributed by atoms with Gasteiger partial charge in [0.05, 0.1) is 11.9 Å². The van der Waals surface area contributed by atoms with Gasteiger partial charge in [-0.05, 0) is 55.5 Å². The lowest BCUT2D eigenvalue weighted by molar-refractivity contribution is 0.0718. The summed E-state index contributed by atoms with van der Waals surface area (Å²) in [7, 11) is 0. The van der Waals surface area contributed by atoms with Crippen molar-refractivity contribution in [3.63, 3.8) is 0 Å². The third-order valence-electron chi connectivity index (χ3n) is 4.28. The summed E-state index contributed by atoms with van der Waals surface area (Å²) in [5, 5.41) is 3.31. The van der Waals surface area contributed by atoms with Crippen molar-refractivity contribution in [3.8, 4) is 0 Å². The van der Waals surface area contributed by atoms with E-state index in [-0.39, 0.29) is 5.91 Å². The largest absolute Gasteiger partial charge is 0.354 e. The van der Waals surface area contributed by atoms with E-state index in [0.717, 1.165) is 43.7 Å². The molecule has 1 aliphatic rings. The van der Waals surface area contributed by atoms with Crippen LogP contribution in [0.1, 0.15) is 42.2 Å². The third kappa shape index (κ3) is 3.89. The number of benzene rings is 1. The van der Waals surface area contributed by atoms with Crippen LogP contribution in [-0.2, 0) is 6.42 Å². The monoisotopic (exact) mass is 309 g/mol. The highest BCUT2D eigenvalue weighted by Gasteiger charge is 2.18. The van der Waals surface area contributed by atoms with Gasteiger partial charge in [0.2, 0.25) is 0 Å². The van der Waals surface area contributed by atoms with Crippen molar-refractivity contribution >= 4 is 17.3 Å². The van der Waals surface area contributed by atoms with E-state index in [1.54, 1.807) is 12.3 Å². The lowest BCUT2D eigenvalue weighted by atomic mass is 10.1.